The second-order valence-electron chi connectivity index (χ2n) is 3.07. The predicted octanol–water partition coefficient (Wildman–Crippen LogP) is 1.17. The largest absolute Gasteiger partial charge is 0.364 e. The van der Waals surface area contributed by atoms with Crippen molar-refractivity contribution in [2.45, 2.75) is 25.3 Å². The summed E-state index contributed by atoms with van der Waals surface area (Å²) in [6.45, 7) is 2.80. The zero-order chi connectivity index (χ0) is 8.81. The third-order valence-corrected chi connectivity index (χ3v) is 2.49. The summed E-state index contributed by atoms with van der Waals surface area (Å²) in [6.07, 6.45) is 3.08. The first-order chi connectivity index (χ1) is 5.88. The Morgan fingerprint density at radius 1 is 1.67 bits per heavy atom. The van der Waals surface area contributed by atoms with E-state index in [1.165, 1.54) is 12.8 Å². The van der Waals surface area contributed by atoms with Gasteiger partial charge in [-0.2, -0.15) is 5.26 Å². The van der Waals surface area contributed by atoms with E-state index in [1.807, 2.05) is 0 Å². The Labute approximate surface area is 76.0 Å². The second-order valence-corrected chi connectivity index (χ2v) is 3.41. The summed E-state index contributed by atoms with van der Waals surface area (Å²) in [6, 6.07) is 2.71. The number of likely N-dealkylation sites (tertiary alicyclic amines) is 1. The van der Waals surface area contributed by atoms with Gasteiger partial charge in [-0.25, -0.2) is 0 Å². The quantitative estimate of drug-likeness (QED) is 0.618. The van der Waals surface area contributed by atoms with Crippen LogP contribution in [-0.4, -0.2) is 30.6 Å². The lowest BCUT2D eigenvalue weighted by Gasteiger charge is -2.22. The van der Waals surface area contributed by atoms with Gasteiger partial charge in [0.2, 0.25) is 0 Å². The van der Waals surface area contributed by atoms with Gasteiger partial charge in [0, 0.05) is 28.5 Å². The first-order valence-corrected chi connectivity index (χ1v) is 4.78. The molecule has 1 saturated heterocycles. The molecule has 0 N–H and O–H groups in total. The molecule has 2 unspecified atom stereocenters. The highest BCUT2D eigenvalue weighted by Gasteiger charge is 2.23. The van der Waals surface area contributed by atoms with Crippen LogP contribution in [0.5, 0.6) is 0 Å². The van der Waals surface area contributed by atoms with Crippen LogP contribution in [0.1, 0.15) is 19.3 Å². The van der Waals surface area contributed by atoms with Crippen LogP contribution in [0, 0.1) is 11.3 Å². The third kappa shape index (κ3) is 2.71. The van der Waals surface area contributed by atoms with Crippen molar-refractivity contribution in [2.24, 2.45) is 0 Å². The Hall–Kier alpha value is -0.160. The average Bonchev–Trinajstić information content (AvgIpc) is 2.50. The fraction of sp³-hybridized carbons (Fsp3) is 0.875. The van der Waals surface area contributed by atoms with Crippen molar-refractivity contribution in [3.63, 3.8) is 0 Å². The smallest absolute Gasteiger partial charge is 0.0657 e. The number of hydrogen-bond donors (Lipinski definition) is 0. The van der Waals surface area contributed by atoms with Crippen molar-refractivity contribution >= 4 is 9.47 Å². The number of nitriles is 1. The summed E-state index contributed by atoms with van der Waals surface area (Å²) in [4.78, 5) is 2.34. The molecule has 1 aliphatic heterocycles. The molecule has 1 aliphatic rings. The van der Waals surface area contributed by atoms with Gasteiger partial charge >= 0.3 is 0 Å². The summed E-state index contributed by atoms with van der Waals surface area (Å²) in [5.74, 6) is 0. The molecule has 0 aromatic rings. The van der Waals surface area contributed by atoms with Gasteiger partial charge < -0.3 is 4.52 Å². The molecule has 0 bridgehead atoms. The first-order valence-electron chi connectivity index (χ1n) is 4.31. The molecule has 0 aliphatic carbocycles. The zero-order valence-electron chi connectivity index (χ0n) is 7.20. The maximum Gasteiger partial charge on any atom is 0.0657 e. The lowest BCUT2D eigenvalue weighted by atomic mass is 10.2. The molecular weight excluding hydrogens is 171 g/mol. The third-order valence-electron chi connectivity index (χ3n) is 2.30. The number of nitrogens with zero attached hydrogens (tertiary/aromatic N) is 2. The highest BCUT2D eigenvalue weighted by atomic mass is 31.0. The summed E-state index contributed by atoms with van der Waals surface area (Å²) < 4.78 is 5.03. The molecule has 0 radical (unpaired) electrons. The topological polar surface area (TPSA) is 36.3 Å². The Bertz CT molecular complexity index is 169. The maximum atomic E-state index is 8.43. The van der Waals surface area contributed by atoms with Crippen molar-refractivity contribution in [1.29, 1.82) is 5.26 Å². The van der Waals surface area contributed by atoms with E-state index in [0.29, 0.717) is 12.5 Å². The molecule has 4 heteroatoms. The minimum Gasteiger partial charge on any atom is -0.364 e. The maximum absolute atomic E-state index is 8.43. The van der Waals surface area contributed by atoms with E-state index in [2.05, 4.69) is 20.4 Å². The van der Waals surface area contributed by atoms with Crippen molar-refractivity contribution in [3.8, 4) is 6.07 Å². The molecule has 2 atom stereocenters. The molecule has 1 heterocycles. The fourth-order valence-electron chi connectivity index (χ4n) is 1.68. The Morgan fingerprint density at radius 2 is 2.50 bits per heavy atom. The molecule has 0 spiro atoms. The summed E-state index contributed by atoms with van der Waals surface area (Å²) in [7, 11) is 2.28. The van der Waals surface area contributed by atoms with Gasteiger partial charge in [-0.3, -0.25) is 4.90 Å². The summed E-state index contributed by atoms with van der Waals surface area (Å²) >= 11 is 0. The highest BCUT2D eigenvalue weighted by Crippen LogP contribution is 2.17. The molecule has 1 rings (SSSR count). The zero-order valence-corrected chi connectivity index (χ0v) is 8.35. The monoisotopic (exact) mass is 186 g/mol. The van der Waals surface area contributed by atoms with Crippen LogP contribution in [0.4, 0.5) is 0 Å². The van der Waals surface area contributed by atoms with Crippen LogP contribution in [-0.2, 0) is 4.52 Å². The Balaban J connectivity index is 2.26. The molecule has 68 valence electrons. The van der Waals surface area contributed by atoms with Gasteiger partial charge in [-0.05, 0) is 19.4 Å². The van der Waals surface area contributed by atoms with E-state index in [-0.39, 0.29) is 0 Å². The van der Waals surface area contributed by atoms with Crippen LogP contribution in [0.2, 0.25) is 0 Å². The van der Waals surface area contributed by atoms with Crippen LogP contribution in [0.3, 0.4) is 0 Å². The molecule has 12 heavy (non-hydrogen) atoms. The molecule has 0 saturated carbocycles. The number of rotatable bonds is 4. The molecular formula is C8H15N2OP. The van der Waals surface area contributed by atoms with E-state index in [0.717, 1.165) is 19.7 Å². The minimum absolute atomic E-state index is 0.538. The normalized spacial score (nSPS) is 24.2. The summed E-state index contributed by atoms with van der Waals surface area (Å²) in [5.41, 5.74) is 0. The van der Waals surface area contributed by atoms with Gasteiger partial charge in [0.05, 0.1) is 12.7 Å². The van der Waals surface area contributed by atoms with E-state index >= 15 is 0 Å². The van der Waals surface area contributed by atoms with Crippen molar-refractivity contribution < 1.29 is 4.52 Å². The second kappa shape index (κ2) is 5.48. The van der Waals surface area contributed by atoms with Crippen molar-refractivity contribution in [2.75, 3.05) is 19.7 Å². The van der Waals surface area contributed by atoms with Crippen LogP contribution in [0.25, 0.3) is 0 Å². The highest BCUT2D eigenvalue weighted by molar-refractivity contribution is 7.09. The lowest BCUT2D eigenvalue weighted by Crippen LogP contribution is -2.32. The minimum atomic E-state index is 0.538. The molecule has 0 aromatic carbocycles. The average molecular weight is 186 g/mol. The van der Waals surface area contributed by atoms with E-state index in [4.69, 9.17) is 9.79 Å². The molecule has 0 aromatic heterocycles. The van der Waals surface area contributed by atoms with Crippen LogP contribution in [0.15, 0.2) is 0 Å². The van der Waals surface area contributed by atoms with Gasteiger partial charge in [0.1, 0.15) is 0 Å². The van der Waals surface area contributed by atoms with E-state index in [9.17, 15) is 0 Å². The summed E-state index contributed by atoms with van der Waals surface area (Å²) in [5, 5.41) is 8.43. The molecule has 1 fully saturated rings. The SMILES string of the molecule is N#CCCN1CCCC1COP. The van der Waals surface area contributed by atoms with Gasteiger partial charge in [-0.15, -0.1) is 0 Å². The van der Waals surface area contributed by atoms with Gasteiger partial charge in [-0.1, -0.05) is 0 Å². The van der Waals surface area contributed by atoms with Crippen molar-refractivity contribution in [3.05, 3.63) is 0 Å². The fourth-order valence-corrected chi connectivity index (χ4v) is 1.91. The van der Waals surface area contributed by atoms with Crippen molar-refractivity contribution in [1.82, 2.24) is 4.90 Å². The lowest BCUT2D eigenvalue weighted by molar-refractivity contribution is 0.191. The van der Waals surface area contributed by atoms with Gasteiger partial charge in [0.25, 0.3) is 0 Å². The first kappa shape index (κ1) is 9.92. The Morgan fingerprint density at radius 3 is 3.17 bits per heavy atom. The molecule has 0 amide bonds. The van der Waals surface area contributed by atoms with Crippen LogP contribution < -0.4 is 0 Å². The predicted molar refractivity (Wildman–Crippen MR) is 50.5 cm³/mol. The molecule has 3 nitrogen and oxygen atoms in total. The Kier molecular flexibility index (Phi) is 4.53. The van der Waals surface area contributed by atoms with Gasteiger partial charge in [0.15, 0.2) is 0 Å². The van der Waals surface area contributed by atoms with E-state index in [1.54, 1.807) is 0 Å². The standard InChI is InChI=1S/C8H15N2OP/c9-4-2-6-10-5-1-3-8(10)7-11-12/h8H,1-3,5-7,12H2. The van der Waals surface area contributed by atoms with Crippen LogP contribution >= 0.6 is 9.47 Å². The number of hydrogen-bond acceptors (Lipinski definition) is 3. The van der Waals surface area contributed by atoms with E-state index < -0.39 is 0 Å².